The molecule has 3 heterocycles. The van der Waals surface area contributed by atoms with Crippen LogP contribution in [0.2, 0.25) is 0 Å². The number of nitrogens with zero attached hydrogens (tertiary/aromatic N) is 4. The number of anilines is 1. The molecule has 1 aliphatic rings. The predicted molar refractivity (Wildman–Crippen MR) is 105 cm³/mol. The first-order chi connectivity index (χ1) is 13.1. The molecule has 0 bridgehead atoms. The quantitative estimate of drug-likeness (QED) is 0.746. The van der Waals surface area contributed by atoms with Crippen molar-refractivity contribution in [3.63, 3.8) is 0 Å². The number of rotatable bonds is 4. The zero-order valence-electron chi connectivity index (χ0n) is 15.0. The van der Waals surface area contributed by atoms with E-state index >= 15 is 0 Å². The first-order valence-electron chi connectivity index (χ1n) is 8.87. The van der Waals surface area contributed by atoms with Crippen molar-refractivity contribution < 1.29 is 9.90 Å². The van der Waals surface area contributed by atoms with Crippen molar-refractivity contribution >= 4 is 23.1 Å². The number of carboxylic acids is 1. The van der Waals surface area contributed by atoms with Crippen LogP contribution in [0, 0.1) is 6.92 Å². The van der Waals surface area contributed by atoms with Crippen LogP contribution in [0.4, 0.5) is 5.82 Å². The van der Waals surface area contributed by atoms with Gasteiger partial charge in [0.2, 0.25) is 0 Å². The number of aromatic nitrogens is 3. The molecule has 2 aromatic heterocycles. The molecule has 0 radical (unpaired) electrons. The molecule has 7 heteroatoms. The summed E-state index contributed by atoms with van der Waals surface area (Å²) in [6, 6.07) is 10.5. The molecule has 0 amide bonds. The second kappa shape index (κ2) is 7.08. The lowest BCUT2D eigenvalue weighted by Gasteiger charge is -2.42. The Balaban J connectivity index is 1.68. The minimum absolute atomic E-state index is 0.00853. The number of carboxylic acid groups (broad SMARTS) is 1. The van der Waals surface area contributed by atoms with Crippen LogP contribution in [-0.4, -0.2) is 39.1 Å². The molecule has 0 unspecified atom stereocenters. The van der Waals surface area contributed by atoms with Crippen molar-refractivity contribution in [1.82, 2.24) is 15.0 Å². The van der Waals surface area contributed by atoms with Crippen LogP contribution in [0.25, 0.3) is 0 Å². The summed E-state index contributed by atoms with van der Waals surface area (Å²) in [7, 11) is 0. The minimum atomic E-state index is -1.05. The Hall–Kier alpha value is -2.80. The zero-order chi connectivity index (χ0) is 18.9. The van der Waals surface area contributed by atoms with E-state index in [0.29, 0.717) is 18.9 Å². The molecule has 1 aliphatic heterocycles. The molecule has 138 valence electrons. The standard InChI is InChI=1S/C20H20N4O2S/c1-14-23-16(13-27-14)20(15-5-3-2-4-6-15)7-11-24(12-8-20)18-17(19(25)26)21-9-10-22-18/h2-6,9-10,13H,7-8,11-12H2,1H3,(H,25,26). The van der Waals surface area contributed by atoms with Crippen LogP contribution in [0.15, 0.2) is 48.1 Å². The SMILES string of the molecule is Cc1nc(C2(c3ccccc3)CCN(c3nccnc3C(=O)O)CC2)cs1. The summed E-state index contributed by atoms with van der Waals surface area (Å²) in [6.45, 7) is 3.43. The van der Waals surface area contributed by atoms with Gasteiger partial charge in [0.05, 0.1) is 10.7 Å². The summed E-state index contributed by atoms with van der Waals surface area (Å²) < 4.78 is 0. The largest absolute Gasteiger partial charge is 0.476 e. The average molecular weight is 380 g/mol. The van der Waals surface area contributed by atoms with Crippen LogP contribution >= 0.6 is 11.3 Å². The molecular formula is C20H20N4O2S. The number of aryl methyl sites for hydroxylation is 1. The van der Waals surface area contributed by atoms with Gasteiger partial charge in [0, 0.05) is 36.3 Å². The Labute approximate surface area is 161 Å². The monoisotopic (exact) mass is 380 g/mol. The van der Waals surface area contributed by atoms with E-state index in [9.17, 15) is 9.90 Å². The number of hydrogen-bond donors (Lipinski definition) is 1. The van der Waals surface area contributed by atoms with Gasteiger partial charge in [-0.3, -0.25) is 0 Å². The van der Waals surface area contributed by atoms with Crippen molar-refractivity contribution in [3.8, 4) is 0 Å². The molecular weight excluding hydrogens is 360 g/mol. The Morgan fingerprint density at radius 3 is 2.48 bits per heavy atom. The molecule has 1 N–H and O–H groups in total. The van der Waals surface area contributed by atoms with Gasteiger partial charge in [0.25, 0.3) is 0 Å². The number of carbonyl (C=O) groups is 1. The molecule has 6 nitrogen and oxygen atoms in total. The summed E-state index contributed by atoms with van der Waals surface area (Å²) in [5.41, 5.74) is 2.21. The topological polar surface area (TPSA) is 79.2 Å². The fraction of sp³-hybridized carbons (Fsp3) is 0.300. The van der Waals surface area contributed by atoms with Crippen molar-refractivity contribution in [3.05, 3.63) is 70.1 Å². The number of hydrogen-bond acceptors (Lipinski definition) is 6. The molecule has 0 saturated carbocycles. The van der Waals surface area contributed by atoms with Gasteiger partial charge in [0.15, 0.2) is 11.5 Å². The van der Waals surface area contributed by atoms with Crippen LogP contribution in [0.1, 0.15) is 39.6 Å². The number of piperidine rings is 1. The fourth-order valence-electron chi connectivity index (χ4n) is 3.85. The fourth-order valence-corrected chi connectivity index (χ4v) is 4.56. The van der Waals surface area contributed by atoms with Gasteiger partial charge in [-0.05, 0) is 25.3 Å². The molecule has 27 heavy (non-hydrogen) atoms. The molecule has 1 fully saturated rings. The van der Waals surface area contributed by atoms with Crippen LogP contribution in [-0.2, 0) is 5.41 Å². The van der Waals surface area contributed by atoms with E-state index in [4.69, 9.17) is 4.98 Å². The van der Waals surface area contributed by atoms with Crippen LogP contribution in [0.3, 0.4) is 0 Å². The van der Waals surface area contributed by atoms with Gasteiger partial charge in [-0.1, -0.05) is 30.3 Å². The van der Waals surface area contributed by atoms with Gasteiger partial charge < -0.3 is 10.0 Å². The Bertz CT molecular complexity index is 949. The first kappa shape index (κ1) is 17.6. The molecule has 1 saturated heterocycles. The van der Waals surface area contributed by atoms with Gasteiger partial charge >= 0.3 is 5.97 Å². The first-order valence-corrected chi connectivity index (χ1v) is 9.75. The van der Waals surface area contributed by atoms with E-state index in [1.807, 2.05) is 17.9 Å². The maximum atomic E-state index is 11.5. The third-order valence-corrected chi connectivity index (χ3v) is 6.01. The maximum Gasteiger partial charge on any atom is 0.358 e. The highest BCUT2D eigenvalue weighted by Gasteiger charge is 2.40. The van der Waals surface area contributed by atoms with Crippen molar-refractivity contribution in [2.75, 3.05) is 18.0 Å². The van der Waals surface area contributed by atoms with Crippen LogP contribution in [0.5, 0.6) is 0 Å². The molecule has 4 rings (SSSR count). The Morgan fingerprint density at radius 1 is 1.15 bits per heavy atom. The summed E-state index contributed by atoms with van der Waals surface area (Å²) in [5, 5.41) is 12.6. The summed E-state index contributed by atoms with van der Waals surface area (Å²) in [5.74, 6) is -0.603. The second-order valence-corrected chi connectivity index (χ2v) is 7.78. The Morgan fingerprint density at radius 2 is 1.85 bits per heavy atom. The van der Waals surface area contributed by atoms with E-state index in [0.717, 1.165) is 23.5 Å². The molecule has 1 aromatic carbocycles. The van der Waals surface area contributed by atoms with Crippen molar-refractivity contribution in [2.24, 2.45) is 0 Å². The lowest BCUT2D eigenvalue weighted by molar-refractivity contribution is 0.0690. The lowest BCUT2D eigenvalue weighted by atomic mass is 9.70. The number of benzene rings is 1. The lowest BCUT2D eigenvalue weighted by Crippen LogP contribution is -2.44. The van der Waals surface area contributed by atoms with Crippen molar-refractivity contribution in [1.29, 1.82) is 0 Å². The van der Waals surface area contributed by atoms with E-state index in [2.05, 4.69) is 39.6 Å². The average Bonchev–Trinajstić information content (AvgIpc) is 3.15. The van der Waals surface area contributed by atoms with Gasteiger partial charge in [-0.15, -0.1) is 11.3 Å². The van der Waals surface area contributed by atoms with Gasteiger partial charge in [-0.2, -0.15) is 0 Å². The number of aromatic carboxylic acids is 1. The predicted octanol–water partition coefficient (Wildman–Crippen LogP) is 3.53. The van der Waals surface area contributed by atoms with E-state index in [1.54, 1.807) is 17.5 Å². The zero-order valence-corrected chi connectivity index (χ0v) is 15.8. The van der Waals surface area contributed by atoms with E-state index in [-0.39, 0.29) is 11.1 Å². The highest BCUT2D eigenvalue weighted by molar-refractivity contribution is 7.09. The molecule has 0 aliphatic carbocycles. The normalized spacial score (nSPS) is 16.3. The summed E-state index contributed by atoms with van der Waals surface area (Å²) >= 11 is 1.67. The number of thiazole rings is 1. The summed E-state index contributed by atoms with van der Waals surface area (Å²) in [6.07, 6.45) is 4.65. The van der Waals surface area contributed by atoms with E-state index in [1.165, 1.54) is 11.8 Å². The highest BCUT2D eigenvalue weighted by Crippen LogP contribution is 2.42. The smallest absolute Gasteiger partial charge is 0.358 e. The highest BCUT2D eigenvalue weighted by atomic mass is 32.1. The molecule has 0 atom stereocenters. The molecule has 0 spiro atoms. The minimum Gasteiger partial charge on any atom is -0.476 e. The van der Waals surface area contributed by atoms with Gasteiger partial charge in [0.1, 0.15) is 0 Å². The maximum absolute atomic E-state index is 11.5. The van der Waals surface area contributed by atoms with Crippen molar-refractivity contribution in [2.45, 2.75) is 25.2 Å². The third kappa shape index (κ3) is 3.19. The van der Waals surface area contributed by atoms with E-state index < -0.39 is 5.97 Å². The van der Waals surface area contributed by atoms with Crippen LogP contribution < -0.4 is 4.90 Å². The third-order valence-electron chi connectivity index (χ3n) is 5.23. The second-order valence-electron chi connectivity index (χ2n) is 6.72. The molecule has 3 aromatic rings. The van der Waals surface area contributed by atoms with Gasteiger partial charge in [-0.25, -0.2) is 19.7 Å². The summed E-state index contributed by atoms with van der Waals surface area (Å²) in [4.78, 5) is 26.6. The Kier molecular flexibility index (Phi) is 4.61.